The first kappa shape index (κ1) is 11.2. The maximum Gasteiger partial charge on any atom is 0.350 e. The van der Waals surface area contributed by atoms with Crippen molar-refractivity contribution < 1.29 is 4.92 Å². The average Bonchev–Trinajstić information content (AvgIpc) is 2.08. The number of hydrogen-bond acceptors (Lipinski definition) is 4. The van der Waals surface area contributed by atoms with Gasteiger partial charge in [0.2, 0.25) is 0 Å². The van der Waals surface area contributed by atoms with Crippen LogP contribution in [0.2, 0.25) is 0 Å². The molecule has 0 fully saturated rings. The van der Waals surface area contributed by atoms with Gasteiger partial charge in [-0.05, 0) is 0 Å². The minimum absolute atomic E-state index is 0.0992. The van der Waals surface area contributed by atoms with Gasteiger partial charge < -0.3 is 0 Å². The molecule has 15 heavy (non-hydrogen) atoms. The van der Waals surface area contributed by atoms with Gasteiger partial charge >= 0.3 is 16.9 Å². The molecule has 8 heteroatoms. The van der Waals surface area contributed by atoms with Gasteiger partial charge in [-0.25, -0.2) is 4.79 Å². The van der Waals surface area contributed by atoms with Gasteiger partial charge in [-0.3, -0.25) is 24.5 Å². The van der Waals surface area contributed by atoms with Crippen LogP contribution in [0.3, 0.4) is 0 Å². The Morgan fingerprint density at radius 3 is 2.73 bits per heavy atom. The summed E-state index contributed by atoms with van der Waals surface area (Å²) in [6.07, 6.45) is 0.828. The smallest absolute Gasteiger partial charge is 0.288 e. The van der Waals surface area contributed by atoms with Crippen molar-refractivity contribution in [1.29, 1.82) is 0 Å². The third-order valence-corrected chi connectivity index (χ3v) is 1.65. The zero-order valence-corrected chi connectivity index (χ0v) is 8.15. The quantitative estimate of drug-likeness (QED) is 0.593. The van der Waals surface area contributed by atoms with E-state index in [9.17, 15) is 19.7 Å². The molecule has 0 aliphatic carbocycles. The highest BCUT2D eigenvalue weighted by molar-refractivity contribution is 6.29. The van der Waals surface area contributed by atoms with Gasteiger partial charge in [0.15, 0.2) is 0 Å². The Hall–Kier alpha value is -1.89. The number of aromatic amines is 1. The Morgan fingerprint density at radius 2 is 2.27 bits per heavy atom. The summed E-state index contributed by atoms with van der Waals surface area (Å²) in [5.74, 6) is 0. The van der Waals surface area contributed by atoms with Crippen molar-refractivity contribution in [2.45, 2.75) is 6.54 Å². The summed E-state index contributed by atoms with van der Waals surface area (Å²) in [5.41, 5.74) is -2.53. The summed E-state index contributed by atoms with van der Waals surface area (Å²) >= 11 is 5.44. The number of allylic oxidation sites excluding steroid dienone is 1. The molecule has 1 heterocycles. The molecule has 0 radical (unpaired) electrons. The SMILES string of the molecule is C=C(Cl)Cn1cc([N+](=O)[O-])c(=O)[nH]c1=O. The Bertz CT molecular complexity index is 530. The van der Waals surface area contributed by atoms with E-state index >= 15 is 0 Å². The minimum atomic E-state index is -1.04. The van der Waals surface area contributed by atoms with Crippen molar-refractivity contribution in [3.8, 4) is 0 Å². The zero-order chi connectivity index (χ0) is 11.6. The first-order valence-electron chi connectivity index (χ1n) is 3.73. The van der Waals surface area contributed by atoms with Crippen molar-refractivity contribution in [2.24, 2.45) is 0 Å². The molecule has 0 amide bonds. The maximum absolute atomic E-state index is 11.1. The number of rotatable bonds is 3. The Kier molecular flexibility index (Phi) is 3.05. The third-order valence-electron chi connectivity index (χ3n) is 1.53. The van der Waals surface area contributed by atoms with Crippen molar-refractivity contribution in [2.75, 3.05) is 0 Å². The second-order valence-electron chi connectivity index (χ2n) is 2.68. The molecule has 0 aliphatic heterocycles. The largest absolute Gasteiger partial charge is 0.350 e. The highest BCUT2D eigenvalue weighted by Gasteiger charge is 2.14. The fourth-order valence-corrected chi connectivity index (χ4v) is 1.06. The van der Waals surface area contributed by atoms with E-state index < -0.39 is 21.9 Å². The van der Waals surface area contributed by atoms with E-state index in [1.807, 2.05) is 0 Å². The molecular weight excluding hydrogens is 226 g/mol. The predicted octanol–water partition coefficient (Wildman–Crippen LogP) is 0.197. The van der Waals surface area contributed by atoms with E-state index in [2.05, 4.69) is 6.58 Å². The Morgan fingerprint density at radius 1 is 1.67 bits per heavy atom. The lowest BCUT2D eigenvalue weighted by atomic mass is 10.5. The van der Waals surface area contributed by atoms with E-state index in [0.717, 1.165) is 10.8 Å². The molecule has 0 saturated carbocycles. The number of halogens is 1. The van der Waals surface area contributed by atoms with Crippen molar-refractivity contribution in [1.82, 2.24) is 9.55 Å². The fraction of sp³-hybridized carbons (Fsp3) is 0.143. The molecule has 1 aromatic heterocycles. The second kappa shape index (κ2) is 4.09. The molecule has 7 nitrogen and oxygen atoms in total. The van der Waals surface area contributed by atoms with Crippen LogP contribution in [0.15, 0.2) is 27.4 Å². The van der Waals surface area contributed by atoms with Crippen LogP contribution in [0.1, 0.15) is 0 Å². The van der Waals surface area contributed by atoms with Crippen molar-refractivity contribution >= 4 is 17.3 Å². The normalized spacial score (nSPS) is 9.93. The molecule has 0 saturated heterocycles. The van der Waals surface area contributed by atoms with Crippen LogP contribution < -0.4 is 11.2 Å². The second-order valence-corrected chi connectivity index (χ2v) is 3.21. The number of H-pyrrole nitrogens is 1. The third kappa shape index (κ3) is 2.53. The summed E-state index contributed by atoms with van der Waals surface area (Å²) in [6.45, 7) is 3.23. The Labute approximate surface area is 87.8 Å². The summed E-state index contributed by atoms with van der Waals surface area (Å²) in [4.78, 5) is 33.4. The molecule has 0 bridgehead atoms. The first-order chi connectivity index (χ1) is 6.91. The Balaban J connectivity index is 3.36. The molecule has 1 N–H and O–H groups in total. The summed E-state index contributed by atoms with van der Waals surface area (Å²) in [5, 5.41) is 10.5. The maximum atomic E-state index is 11.1. The monoisotopic (exact) mass is 231 g/mol. The highest BCUT2D eigenvalue weighted by Crippen LogP contribution is 2.03. The summed E-state index contributed by atoms with van der Waals surface area (Å²) < 4.78 is 0.898. The predicted molar refractivity (Wildman–Crippen MR) is 53.0 cm³/mol. The fourth-order valence-electron chi connectivity index (χ4n) is 0.930. The zero-order valence-electron chi connectivity index (χ0n) is 7.40. The molecule has 0 atom stereocenters. The van der Waals surface area contributed by atoms with Crippen LogP contribution in [-0.2, 0) is 6.54 Å². The van der Waals surface area contributed by atoms with Crippen LogP contribution in [0, 0.1) is 10.1 Å². The van der Waals surface area contributed by atoms with Gasteiger partial charge in [-0.2, -0.15) is 0 Å². The van der Waals surface area contributed by atoms with Crippen LogP contribution in [0.25, 0.3) is 0 Å². The van der Waals surface area contributed by atoms with Crippen LogP contribution in [0.4, 0.5) is 5.69 Å². The number of nitrogens with one attached hydrogen (secondary N) is 1. The van der Waals surface area contributed by atoms with Crippen molar-refractivity contribution in [3.05, 3.63) is 48.8 Å². The van der Waals surface area contributed by atoms with E-state index in [1.54, 1.807) is 4.98 Å². The van der Waals surface area contributed by atoms with Crippen molar-refractivity contribution in [3.63, 3.8) is 0 Å². The molecule has 0 aliphatic rings. The number of nitrogens with zero attached hydrogens (tertiary/aromatic N) is 2. The molecule has 1 aromatic rings. The van der Waals surface area contributed by atoms with Gasteiger partial charge in [0.1, 0.15) is 0 Å². The van der Waals surface area contributed by atoms with E-state index in [4.69, 9.17) is 11.6 Å². The number of hydrogen-bond donors (Lipinski definition) is 1. The minimum Gasteiger partial charge on any atom is -0.288 e. The standard InChI is InChI=1S/C7H6ClN3O4/c1-4(8)2-10-3-5(11(14)15)6(12)9-7(10)13/h3H,1-2H2,(H,9,12,13). The number of aromatic nitrogens is 2. The average molecular weight is 232 g/mol. The van der Waals surface area contributed by atoms with E-state index in [1.165, 1.54) is 0 Å². The van der Waals surface area contributed by atoms with Gasteiger partial charge in [0.05, 0.1) is 17.7 Å². The molecule has 0 spiro atoms. The van der Waals surface area contributed by atoms with Gasteiger partial charge in [-0.1, -0.05) is 18.2 Å². The molecule has 0 unspecified atom stereocenters. The molecule has 1 rings (SSSR count). The molecular formula is C7H6ClN3O4. The summed E-state index contributed by atoms with van der Waals surface area (Å²) in [6, 6.07) is 0. The number of nitro groups is 1. The highest BCUT2D eigenvalue weighted by atomic mass is 35.5. The first-order valence-corrected chi connectivity index (χ1v) is 4.11. The lowest BCUT2D eigenvalue weighted by molar-refractivity contribution is -0.386. The lowest BCUT2D eigenvalue weighted by Gasteiger charge is -2.01. The van der Waals surface area contributed by atoms with E-state index in [-0.39, 0.29) is 11.6 Å². The van der Waals surface area contributed by atoms with E-state index in [0.29, 0.717) is 0 Å². The topological polar surface area (TPSA) is 98.0 Å². The van der Waals surface area contributed by atoms with Gasteiger partial charge in [-0.15, -0.1) is 0 Å². The molecule has 0 aromatic carbocycles. The lowest BCUT2D eigenvalue weighted by Crippen LogP contribution is -2.30. The summed E-state index contributed by atoms with van der Waals surface area (Å²) in [7, 11) is 0. The van der Waals surface area contributed by atoms with Gasteiger partial charge in [0.25, 0.3) is 0 Å². The van der Waals surface area contributed by atoms with Crippen LogP contribution in [0.5, 0.6) is 0 Å². The van der Waals surface area contributed by atoms with Crippen LogP contribution >= 0.6 is 11.6 Å². The molecule has 80 valence electrons. The van der Waals surface area contributed by atoms with Gasteiger partial charge in [0, 0.05) is 5.03 Å². The van der Waals surface area contributed by atoms with Crippen LogP contribution in [-0.4, -0.2) is 14.5 Å².